The van der Waals surface area contributed by atoms with Crippen molar-refractivity contribution in [2.24, 2.45) is 0 Å². The second kappa shape index (κ2) is 8.64. The van der Waals surface area contributed by atoms with Crippen LogP contribution in [0.2, 0.25) is 5.02 Å². The van der Waals surface area contributed by atoms with E-state index in [-0.39, 0.29) is 11.9 Å². The van der Waals surface area contributed by atoms with Gasteiger partial charge < -0.3 is 4.42 Å². The number of amides is 1. The monoisotopic (exact) mass is 336 g/mol. The molecule has 6 nitrogen and oxygen atoms in total. The first kappa shape index (κ1) is 17.4. The average Bonchev–Trinajstić information content (AvgIpc) is 2.96. The fourth-order valence-electron chi connectivity index (χ4n) is 2.25. The Morgan fingerprint density at radius 3 is 2.43 bits per heavy atom. The third-order valence-electron chi connectivity index (χ3n) is 3.21. The molecule has 2 aromatic rings. The maximum absolute atomic E-state index is 12.1. The zero-order valence-electron chi connectivity index (χ0n) is 13.4. The SMILES string of the molecule is CCCN(CCC)CC(=O)Nc1nnc(-c2ccc(Cl)cc2)o1. The van der Waals surface area contributed by atoms with E-state index in [1.807, 2.05) is 0 Å². The predicted octanol–water partition coefficient (Wildman–Crippen LogP) is 3.45. The molecule has 1 heterocycles. The van der Waals surface area contributed by atoms with Gasteiger partial charge in [-0.15, -0.1) is 5.10 Å². The Kier molecular flexibility index (Phi) is 6.55. The summed E-state index contributed by atoms with van der Waals surface area (Å²) in [5, 5.41) is 11.1. The zero-order chi connectivity index (χ0) is 16.7. The molecule has 0 saturated heterocycles. The molecular weight excluding hydrogens is 316 g/mol. The summed E-state index contributed by atoms with van der Waals surface area (Å²) >= 11 is 5.84. The van der Waals surface area contributed by atoms with Crippen LogP contribution in [0.15, 0.2) is 28.7 Å². The molecule has 124 valence electrons. The molecular formula is C16H21ClN4O2. The largest absolute Gasteiger partial charge is 0.403 e. The number of rotatable bonds is 8. The molecule has 23 heavy (non-hydrogen) atoms. The van der Waals surface area contributed by atoms with Gasteiger partial charge >= 0.3 is 6.01 Å². The quantitative estimate of drug-likeness (QED) is 0.799. The molecule has 1 amide bonds. The van der Waals surface area contributed by atoms with Crippen LogP contribution in [0.4, 0.5) is 6.01 Å². The number of hydrogen-bond acceptors (Lipinski definition) is 5. The summed E-state index contributed by atoms with van der Waals surface area (Å²) in [6.07, 6.45) is 2.02. The lowest BCUT2D eigenvalue weighted by Crippen LogP contribution is -2.34. The smallest absolute Gasteiger partial charge is 0.322 e. The summed E-state index contributed by atoms with van der Waals surface area (Å²) in [6.45, 7) is 6.29. The first-order chi connectivity index (χ1) is 11.1. The van der Waals surface area contributed by atoms with Gasteiger partial charge in [0.05, 0.1) is 6.54 Å². The predicted molar refractivity (Wildman–Crippen MR) is 90.4 cm³/mol. The summed E-state index contributed by atoms with van der Waals surface area (Å²) in [7, 11) is 0. The first-order valence-electron chi connectivity index (χ1n) is 7.74. The highest BCUT2D eigenvalue weighted by molar-refractivity contribution is 6.30. The topological polar surface area (TPSA) is 71.3 Å². The third-order valence-corrected chi connectivity index (χ3v) is 3.46. The Balaban J connectivity index is 1.95. The second-order valence-electron chi connectivity index (χ2n) is 5.24. The van der Waals surface area contributed by atoms with Gasteiger partial charge in [-0.2, -0.15) is 0 Å². The van der Waals surface area contributed by atoms with Crippen LogP contribution in [0.25, 0.3) is 11.5 Å². The van der Waals surface area contributed by atoms with Crippen molar-refractivity contribution in [3.8, 4) is 11.5 Å². The molecule has 0 radical (unpaired) electrons. The molecule has 0 aliphatic carbocycles. The Bertz CT molecular complexity index is 621. The van der Waals surface area contributed by atoms with Gasteiger partial charge in [-0.1, -0.05) is 30.5 Å². The van der Waals surface area contributed by atoms with Gasteiger partial charge in [-0.05, 0) is 50.2 Å². The standard InChI is InChI=1S/C16H21ClN4O2/c1-3-9-21(10-4-2)11-14(22)18-16-20-19-15(23-16)12-5-7-13(17)8-6-12/h5-8H,3-4,9-11H2,1-2H3,(H,18,20,22). The summed E-state index contributed by atoms with van der Waals surface area (Å²) in [4.78, 5) is 14.2. The Morgan fingerprint density at radius 1 is 1.17 bits per heavy atom. The number of halogens is 1. The summed E-state index contributed by atoms with van der Waals surface area (Å²) in [5.74, 6) is 0.189. The van der Waals surface area contributed by atoms with Crippen molar-refractivity contribution in [1.29, 1.82) is 0 Å². The van der Waals surface area contributed by atoms with Gasteiger partial charge in [-0.3, -0.25) is 15.0 Å². The molecule has 1 N–H and O–H groups in total. The molecule has 0 atom stereocenters. The number of aromatic nitrogens is 2. The van der Waals surface area contributed by atoms with Crippen molar-refractivity contribution in [2.45, 2.75) is 26.7 Å². The van der Waals surface area contributed by atoms with Crippen LogP contribution < -0.4 is 5.32 Å². The second-order valence-corrected chi connectivity index (χ2v) is 5.68. The molecule has 0 unspecified atom stereocenters. The number of anilines is 1. The maximum Gasteiger partial charge on any atom is 0.322 e. The van der Waals surface area contributed by atoms with Crippen LogP contribution in [0.1, 0.15) is 26.7 Å². The molecule has 2 rings (SSSR count). The molecule has 7 heteroatoms. The fourth-order valence-corrected chi connectivity index (χ4v) is 2.37. The van der Waals surface area contributed by atoms with E-state index in [9.17, 15) is 4.79 Å². The van der Waals surface area contributed by atoms with Crippen molar-refractivity contribution in [2.75, 3.05) is 25.0 Å². The molecule has 0 spiro atoms. The highest BCUT2D eigenvalue weighted by atomic mass is 35.5. The van der Waals surface area contributed by atoms with E-state index >= 15 is 0 Å². The van der Waals surface area contributed by atoms with E-state index < -0.39 is 0 Å². The van der Waals surface area contributed by atoms with E-state index in [1.54, 1.807) is 24.3 Å². The lowest BCUT2D eigenvalue weighted by Gasteiger charge is -2.19. The molecule has 0 aliphatic heterocycles. The summed E-state index contributed by atoms with van der Waals surface area (Å²) in [6, 6.07) is 7.16. The fraction of sp³-hybridized carbons (Fsp3) is 0.438. The third kappa shape index (κ3) is 5.33. The minimum atomic E-state index is -0.154. The van der Waals surface area contributed by atoms with Gasteiger partial charge in [-0.25, -0.2) is 0 Å². The Labute approximate surface area is 140 Å². The van der Waals surface area contributed by atoms with Crippen LogP contribution in [0.3, 0.4) is 0 Å². The molecule has 0 saturated carbocycles. The summed E-state index contributed by atoms with van der Waals surface area (Å²) < 4.78 is 5.47. The van der Waals surface area contributed by atoms with Crippen molar-refractivity contribution >= 4 is 23.5 Å². The summed E-state index contributed by atoms with van der Waals surface area (Å²) in [5.41, 5.74) is 0.751. The van der Waals surface area contributed by atoms with Gasteiger partial charge in [0.25, 0.3) is 0 Å². The minimum Gasteiger partial charge on any atom is -0.403 e. The van der Waals surface area contributed by atoms with Crippen molar-refractivity contribution in [3.63, 3.8) is 0 Å². The van der Waals surface area contributed by atoms with Crippen LogP contribution in [-0.4, -0.2) is 40.6 Å². The number of hydrogen-bond donors (Lipinski definition) is 1. The van der Waals surface area contributed by atoms with Gasteiger partial charge in [0.15, 0.2) is 0 Å². The number of nitrogens with one attached hydrogen (secondary N) is 1. The van der Waals surface area contributed by atoms with Crippen LogP contribution in [-0.2, 0) is 4.79 Å². The number of nitrogens with zero attached hydrogens (tertiary/aromatic N) is 3. The van der Waals surface area contributed by atoms with Crippen LogP contribution in [0.5, 0.6) is 0 Å². The normalized spacial score (nSPS) is 11.0. The Morgan fingerprint density at radius 2 is 1.83 bits per heavy atom. The number of carbonyl (C=O) groups is 1. The van der Waals surface area contributed by atoms with Crippen molar-refractivity contribution in [3.05, 3.63) is 29.3 Å². The number of carbonyl (C=O) groups excluding carboxylic acids is 1. The van der Waals surface area contributed by atoms with E-state index in [0.29, 0.717) is 17.5 Å². The van der Waals surface area contributed by atoms with Crippen molar-refractivity contribution in [1.82, 2.24) is 15.1 Å². The van der Waals surface area contributed by atoms with Crippen LogP contribution in [0, 0.1) is 0 Å². The highest BCUT2D eigenvalue weighted by Crippen LogP contribution is 2.21. The zero-order valence-corrected chi connectivity index (χ0v) is 14.1. The molecule has 1 aromatic heterocycles. The van der Waals surface area contributed by atoms with Gasteiger partial charge in [0, 0.05) is 10.6 Å². The van der Waals surface area contributed by atoms with E-state index in [4.69, 9.17) is 16.0 Å². The highest BCUT2D eigenvalue weighted by Gasteiger charge is 2.14. The molecule has 1 aromatic carbocycles. The maximum atomic E-state index is 12.1. The van der Waals surface area contributed by atoms with Gasteiger partial charge in [0.2, 0.25) is 11.8 Å². The van der Waals surface area contributed by atoms with E-state index in [2.05, 4.69) is 34.3 Å². The van der Waals surface area contributed by atoms with Crippen molar-refractivity contribution < 1.29 is 9.21 Å². The molecule has 0 bridgehead atoms. The lowest BCUT2D eigenvalue weighted by atomic mass is 10.2. The minimum absolute atomic E-state index is 0.105. The lowest BCUT2D eigenvalue weighted by molar-refractivity contribution is -0.117. The van der Waals surface area contributed by atoms with E-state index in [0.717, 1.165) is 31.5 Å². The number of benzene rings is 1. The van der Waals surface area contributed by atoms with Gasteiger partial charge in [0.1, 0.15) is 0 Å². The average molecular weight is 337 g/mol. The first-order valence-corrected chi connectivity index (χ1v) is 8.11. The molecule has 0 fully saturated rings. The van der Waals surface area contributed by atoms with E-state index in [1.165, 1.54) is 0 Å². The Hall–Kier alpha value is -1.92. The molecule has 0 aliphatic rings. The van der Waals surface area contributed by atoms with Crippen LogP contribution >= 0.6 is 11.6 Å².